The van der Waals surface area contributed by atoms with Gasteiger partial charge in [-0.2, -0.15) is 5.10 Å². The Morgan fingerprint density at radius 1 is 1.39 bits per heavy atom. The number of rotatable bonds is 3. The van der Waals surface area contributed by atoms with Crippen LogP contribution in [0.5, 0.6) is 0 Å². The van der Waals surface area contributed by atoms with Gasteiger partial charge in [0.05, 0.1) is 11.9 Å². The van der Waals surface area contributed by atoms with Crippen molar-refractivity contribution in [3.05, 3.63) is 41.5 Å². The summed E-state index contributed by atoms with van der Waals surface area (Å²) < 4.78 is 23.6. The second-order valence-corrected chi connectivity index (χ2v) is 7.81. The molecule has 0 spiro atoms. The number of nitrogens with zero attached hydrogens (tertiary/aromatic N) is 3. The molecule has 2 aromatic rings. The van der Waals surface area contributed by atoms with Crippen molar-refractivity contribution < 1.29 is 13.2 Å². The summed E-state index contributed by atoms with van der Waals surface area (Å²) in [6.45, 7) is 2.87. The van der Waals surface area contributed by atoms with Crippen LogP contribution >= 0.6 is 0 Å². The highest BCUT2D eigenvalue weighted by atomic mass is 32.2. The molecule has 23 heavy (non-hydrogen) atoms. The average Bonchev–Trinajstić information content (AvgIpc) is 3.14. The summed E-state index contributed by atoms with van der Waals surface area (Å²) in [7, 11) is -3.33. The second-order valence-electron chi connectivity index (χ2n) is 5.82. The van der Waals surface area contributed by atoms with Crippen LogP contribution in [0.1, 0.15) is 34.2 Å². The fourth-order valence-corrected chi connectivity index (χ4v) is 3.73. The summed E-state index contributed by atoms with van der Waals surface area (Å²) in [6.07, 6.45) is 3.19. The molecule has 7 nitrogen and oxygen atoms in total. The first-order chi connectivity index (χ1) is 10.9. The Balaban J connectivity index is 1.79. The van der Waals surface area contributed by atoms with Gasteiger partial charge < -0.3 is 4.90 Å². The summed E-state index contributed by atoms with van der Waals surface area (Å²) in [4.78, 5) is 18.7. The summed E-state index contributed by atoms with van der Waals surface area (Å²) in [6, 6.07) is 5.34. The van der Waals surface area contributed by atoms with Crippen LogP contribution in [-0.4, -0.2) is 53.8 Å². The lowest BCUT2D eigenvalue weighted by Crippen LogP contribution is -2.29. The molecule has 0 aromatic carbocycles. The molecule has 3 rings (SSSR count). The van der Waals surface area contributed by atoms with Crippen molar-refractivity contribution in [2.24, 2.45) is 0 Å². The minimum Gasteiger partial charge on any atom is -0.337 e. The van der Waals surface area contributed by atoms with Crippen LogP contribution in [0.3, 0.4) is 0 Å². The molecule has 8 heteroatoms. The van der Waals surface area contributed by atoms with Crippen LogP contribution in [0.15, 0.2) is 29.3 Å². The van der Waals surface area contributed by atoms with Gasteiger partial charge in [-0.25, -0.2) is 13.4 Å². The van der Waals surface area contributed by atoms with Crippen LogP contribution in [0, 0.1) is 6.92 Å². The summed E-state index contributed by atoms with van der Waals surface area (Å²) in [5.74, 6) is -0.187. The van der Waals surface area contributed by atoms with E-state index < -0.39 is 9.84 Å². The van der Waals surface area contributed by atoms with Gasteiger partial charge in [0.2, 0.25) is 0 Å². The van der Waals surface area contributed by atoms with Gasteiger partial charge in [0, 0.05) is 31.0 Å². The average molecular weight is 334 g/mol. The number of likely N-dealkylation sites (tertiary alicyclic amines) is 1. The van der Waals surface area contributed by atoms with E-state index in [-0.39, 0.29) is 16.7 Å². The maximum absolute atomic E-state index is 12.5. The van der Waals surface area contributed by atoms with Crippen molar-refractivity contribution in [1.29, 1.82) is 0 Å². The zero-order chi connectivity index (χ0) is 16.6. The van der Waals surface area contributed by atoms with E-state index in [2.05, 4.69) is 15.2 Å². The van der Waals surface area contributed by atoms with Crippen LogP contribution < -0.4 is 0 Å². The number of pyridine rings is 1. The maximum Gasteiger partial charge on any atom is 0.272 e. The fourth-order valence-electron chi connectivity index (χ4n) is 2.88. The number of nitrogens with one attached hydrogen (secondary N) is 1. The van der Waals surface area contributed by atoms with E-state index in [0.717, 1.165) is 11.9 Å². The zero-order valence-electron chi connectivity index (χ0n) is 13.0. The SMILES string of the molecule is Cc1cccc(C(=O)N2CC[C@H](c3[nH]ncc3S(C)(=O)=O)C2)n1. The third kappa shape index (κ3) is 3.12. The van der Waals surface area contributed by atoms with Gasteiger partial charge in [0.25, 0.3) is 5.91 Å². The standard InChI is InChI=1S/C15H18N4O3S/c1-10-4-3-5-12(17-10)15(20)19-7-6-11(9-19)14-13(8-16-18-14)23(2,21)22/h3-5,8,11H,6-7,9H2,1-2H3,(H,16,18)/t11-/m0/s1. The van der Waals surface area contributed by atoms with Crippen molar-refractivity contribution in [1.82, 2.24) is 20.1 Å². The molecule has 0 bridgehead atoms. The number of H-pyrrole nitrogens is 1. The number of aryl methyl sites for hydroxylation is 1. The van der Waals surface area contributed by atoms with E-state index in [0.29, 0.717) is 30.9 Å². The Kier molecular flexibility index (Phi) is 3.93. The Bertz CT molecular complexity index is 844. The smallest absolute Gasteiger partial charge is 0.272 e. The Morgan fingerprint density at radius 2 is 2.17 bits per heavy atom. The van der Waals surface area contributed by atoms with Gasteiger partial charge in [-0.1, -0.05) is 6.07 Å². The molecule has 1 aliphatic rings. The molecule has 1 N–H and O–H groups in total. The molecule has 0 aliphatic carbocycles. The molecule has 1 aliphatic heterocycles. The molecule has 1 fully saturated rings. The molecule has 1 atom stereocenters. The molecule has 0 radical (unpaired) electrons. The molecule has 1 saturated heterocycles. The number of aromatic nitrogens is 3. The Labute approximate surface area is 134 Å². The first kappa shape index (κ1) is 15.7. The van der Waals surface area contributed by atoms with Gasteiger partial charge in [-0.15, -0.1) is 0 Å². The largest absolute Gasteiger partial charge is 0.337 e. The van der Waals surface area contributed by atoms with E-state index in [1.165, 1.54) is 6.20 Å². The van der Waals surface area contributed by atoms with E-state index >= 15 is 0 Å². The van der Waals surface area contributed by atoms with Crippen molar-refractivity contribution in [3.8, 4) is 0 Å². The number of carbonyl (C=O) groups is 1. The highest BCUT2D eigenvalue weighted by molar-refractivity contribution is 7.90. The lowest BCUT2D eigenvalue weighted by atomic mass is 10.1. The summed E-state index contributed by atoms with van der Waals surface area (Å²) in [5.41, 5.74) is 1.79. The molecule has 0 unspecified atom stereocenters. The monoisotopic (exact) mass is 334 g/mol. The van der Waals surface area contributed by atoms with Crippen LogP contribution in [0.25, 0.3) is 0 Å². The number of carbonyl (C=O) groups excluding carboxylic acids is 1. The fraction of sp³-hybridized carbons (Fsp3) is 0.400. The van der Waals surface area contributed by atoms with Crippen molar-refractivity contribution in [2.45, 2.75) is 24.2 Å². The molecular weight excluding hydrogens is 316 g/mol. The molecule has 0 saturated carbocycles. The molecule has 1 amide bonds. The minimum absolute atomic E-state index is 0.0593. The molecule has 3 heterocycles. The third-order valence-corrected chi connectivity index (χ3v) is 5.15. The zero-order valence-corrected chi connectivity index (χ0v) is 13.8. The number of amides is 1. The number of aromatic amines is 1. The first-order valence-electron chi connectivity index (χ1n) is 7.32. The quantitative estimate of drug-likeness (QED) is 0.908. The van der Waals surface area contributed by atoms with Crippen LogP contribution in [0.2, 0.25) is 0 Å². The maximum atomic E-state index is 12.5. The summed E-state index contributed by atoms with van der Waals surface area (Å²) in [5, 5.41) is 6.63. The van der Waals surface area contributed by atoms with Gasteiger partial charge in [0.15, 0.2) is 9.84 Å². The van der Waals surface area contributed by atoms with Gasteiger partial charge >= 0.3 is 0 Å². The van der Waals surface area contributed by atoms with E-state index in [1.807, 2.05) is 13.0 Å². The van der Waals surface area contributed by atoms with E-state index in [4.69, 9.17) is 0 Å². The highest BCUT2D eigenvalue weighted by Crippen LogP contribution is 2.30. The molecular formula is C15H18N4O3S. The second kappa shape index (κ2) is 5.77. The third-order valence-electron chi connectivity index (χ3n) is 4.02. The minimum atomic E-state index is -3.33. The predicted molar refractivity (Wildman–Crippen MR) is 83.9 cm³/mol. The summed E-state index contributed by atoms with van der Waals surface area (Å²) >= 11 is 0. The normalized spacial score (nSPS) is 18.3. The van der Waals surface area contributed by atoms with E-state index in [9.17, 15) is 13.2 Å². The molecule has 2 aromatic heterocycles. The lowest BCUT2D eigenvalue weighted by molar-refractivity contribution is 0.0784. The molecule has 122 valence electrons. The van der Waals surface area contributed by atoms with Crippen molar-refractivity contribution >= 4 is 15.7 Å². The Morgan fingerprint density at radius 3 is 2.87 bits per heavy atom. The number of hydrogen-bond acceptors (Lipinski definition) is 5. The van der Waals surface area contributed by atoms with Gasteiger partial charge in [-0.3, -0.25) is 9.89 Å². The van der Waals surface area contributed by atoms with Gasteiger partial charge in [0.1, 0.15) is 10.6 Å². The van der Waals surface area contributed by atoms with Crippen molar-refractivity contribution in [2.75, 3.05) is 19.3 Å². The van der Waals surface area contributed by atoms with Crippen LogP contribution in [0.4, 0.5) is 0 Å². The van der Waals surface area contributed by atoms with Crippen molar-refractivity contribution in [3.63, 3.8) is 0 Å². The van der Waals surface area contributed by atoms with Crippen LogP contribution in [-0.2, 0) is 9.84 Å². The number of hydrogen-bond donors (Lipinski definition) is 1. The predicted octanol–water partition coefficient (Wildman–Crippen LogP) is 1.15. The van der Waals surface area contributed by atoms with E-state index in [1.54, 1.807) is 17.0 Å². The topological polar surface area (TPSA) is 96.0 Å². The van der Waals surface area contributed by atoms with Gasteiger partial charge in [-0.05, 0) is 25.5 Å². The highest BCUT2D eigenvalue weighted by Gasteiger charge is 2.32. The lowest BCUT2D eigenvalue weighted by Gasteiger charge is -2.16. The number of sulfone groups is 1. The first-order valence-corrected chi connectivity index (χ1v) is 9.21. The Hall–Kier alpha value is -2.22.